The molecule has 0 heterocycles. The molecule has 1 saturated carbocycles. The summed E-state index contributed by atoms with van der Waals surface area (Å²) in [7, 11) is 0. The third-order valence-corrected chi connectivity index (χ3v) is 4.24. The third-order valence-electron chi connectivity index (χ3n) is 4.24. The number of hydrogen-bond donors (Lipinski definition) is 2. The molecule has 2 aliphatic carbocycles. The normalized spacial score (nSPS) is 27.5. The zero-order valence-corrected chi connectivity index (χ0v) is 11.0. The maximum Gasteiger partial charge on any atom is 0.315 e. The Morgan fingerprint density at radius 1 is 1.11 bits per heavy atom. The molecule has 3 unspecified atom stereocenters. The van der Waals surface area contributed by atoms with Gasteiger partial charge in [-0.2, -0.15) is 0 Å². The maximum atomic E-state index is 11.7. The van der Waals surface area contributed by atoms with Gasteiger partial charge in [-0.05, 0) is 36.2 Å². The van der Waals surface area contributed by atoms with Crippen LogP contribution in [0.1, 0.15) is 18.4 Å². The van der Waals surface area contributed by atoms with Gasteiger partial charge in [-0.25, -0.2) is 4.79 Å². The summed E-state index contributed by atoms with van der Waals surface area (Å²) in [6.45, 7) is 1.38. The topological polar surface area (TPSA) is 41.1 Å². The highest BCUT2D eigenvalue weighted by Crippen LogP contribution is 2.42. The Morgan fingerprint density at radius 2 is 1.95 bits per heavy atom. The Bertz CT molecular complexity index is 469. The summed E-state index contributed by atoms with van der Waals surface area (Å²) in [4.78, 5) is 11.7. The smallest absolute Gasteiger partial charge is 0.315 e. The molecule has 2 amide bonds. The summed E-state index contributed by atoms with van der Waals surface area (Å²) in [5.41, 5.74) is 1.13. The molecule has 2 aliphatic rings. The zero-order valence-electron chi connectivity index (χ0n) is 11.0. The summed E-state index contributed by atoms with van der Waals surface area (Å²) in [6, 6.07) is 9.91. The number of hydrogen-bond acceptors (Lipinski definition) is 1. The van der Waals surface area contributed by atoms with E-state index in [2.05, 4.69) is 22.8 Å². The molecular weight excluding hydrogens is 236 g/mol. The predicted octanol–water partition coefficient (Wildman–Crippen LogP) is 2.70. The van der Waals surface area contributed by atoms with Crippen LogP contribution in [0.15, 0.2) is 42.5 Å². The number of fused-ring (bicyclic) bond motifs is 2. The highest BCUT2D eigenvalue weighted by atomic mass is 16.2. The van der Waals surface area contributed by atoms with Gasteiger partial charge in [0.2, 0.25) is 0 Å². The Morgan fingerprint density at radius 3 is 2.63 bits per heavy atom. The fraction of sp³-hybridized carbons (Fsp3) is 0.438. The lowest BCUT2D eigenvalue weighted by Gasteiger charge is -2.18. The van der Waals surface area contributed by atoms with Crippen molar-refractivity contribution in [2.24, 2.45) is 17.8 Å². The lowest BCUT2D eigenvalue weighted by molar-refractivity contribution is 0.237. The average molecular weight is 256 g/mol. The molecule has 0 spiro atoms. The minimum absolute atomic E-state index is 0.0596. The van der Waals surface area contributed by atoms with Crippen LogP contribution in [0.2, 0.25) is 0 Å². The molecule has 1 aromatic rings. The van der Waals surface area contributed by atoms with Crippen LogP contribution in [0.4, 0.5) is 4.79 Å². The summed E-state index contributed by atoms with van der Waals surface area (Å²) >= 11 is 0. The largest absolute Gasteiger partial charge is 0.338 e. The summed E-state index contributed by atoms with van der Waals surface area (Å²) in [6.07, 6.45) is 7.18. The van der Waals surface area contributed by atoms with Crippen molar-refractivity contribution in [1.82, 2.24) is 10.6 Å². The Labute approximate surface area is 114 Å². The number of carbonyl (C=O) groups excluding carboxylic acids is 1. The monoisotopic (exact) mass is 256 g/mol. The molecule has 3 nitrogen and oxygen atoms in total. The van der Waals surface area contributed by atoms with Gasteiger partial charge in [0.05, 0.1) is 0 Å². The molecular formula is C16H20N2O. The molecule has 2 bridgehead atoms. The van der Waals surface area contributed by atoms with Gasteiger partial charge in [0.25, 0.3) is 0 Å². The van der Waals surface area contributed by atoms with Crippen LogP contribution in [0.5, 0.6) is 0 Å². The van der Waals surface area contributed by atoms with Crippen molar-refractivity contribution in [2.75, 3.05) is 6.54 Å². The van der Waals surface area contributed by atoms with Gasteiger partial charge in [-0.15, -0.1) is 0 Å². The van der Waals surface area contributed by atoms with Crippen LogP contribution >= 0.6 is 0 Å². The lowest BCUT2D eigenvalue weighted by Crippen LogP contribution is -2.38. The van der Waals surface area contributed by atoms with Crippen molar-refractivity contribution in [3.63, 3.8) is 0 Å². The van der Waals surface area contributed by atoms with Crippen LogP contribution in [-0.2, 0) is 6.54 Å². The first-order valence-electron chi connectivity index (χ1n) is 7.05. The second-order valence-electron chi connectivity index (χ2n) is 5.59. The van der Waals surface area contributed by atoms with E-state index in [9.17, 15) is 4.79 Å². The van der Waals surface area contributed by atoms with E-state index in [-0.39, 0.29) is 6.03 Å². The molecule has 1 aromatic carbocycles. The Hall–Kier alpha value is -1.77. The van der Waals surface area contributed by atoms with Gasteiger partial charge in [0.1, 0.15) is 0 Å². The molecule has 0 radical (unpaired) electrons. The molecule has 19 heavy (non-hydrogen) atoms. The van der Waals surface area contributed by atoms with Gasteiger partial charge in [-0.3, -0.25) is 0 Å². The summed E-state index contributed by atoms with van der Waals surface area (Å²) in [5.74, 6) is 2.10. The van der Waals surface area contributed by atoms with Crippen LogP contribution < -0.4 is 10.6 Å². The van der Waals surface area contributed by atoms with Gasteiger partial charge < -0.3 is 10.6 Å². The quantitative estimate of drug-likeness (QED) is 0.799. The second-order valence-corrected chi connectivity index (χ2v) is 5.59. The number of urea groups is 1. The molecule has 3 atom stereocenters. The third kappa shape index (κ3) is 2.98. The van der Waals surface area contributed by atoms with Gasteiger partial charge in [0.15, 0.2) is 0 Å². The number of carbonyl (C=O) groups is 1. The fourth-order valence-electron chi connectivity index (χ4n) is 3.19. The molecule has 0 saturated heterocycles. The van der Waals surface area contributed by atoms with E-state index in [1.807, 2.05) is 30.3 Å². The van der Waals surface area contributed by atoms with E-state index in [1.165, 1.54) is 12.8 Å². The lowest BCUT2D eigenvalue weighted by atomic mass is 9.94. The highest BCUT2D eigenvalue weighted by Gasteiger charge is 2.35. The Kier molecular flexibility index (Phi) is 3.53. The van der Waals surface area contributed by atoms with Crippen LogP contribution in [0, 0.1) is 17.8 Å². The van der Waals surface area contributed by atoms with Gasteiger partial charge >= 0.3 is 6.03 Å². The van der Waals surface area contributed by atoms with E-state index in [1.54, 1.807) is 0 Å². The average Bonchev–Trinajstić information content (AvgIpc) is 3.06. The minimum Gasteiger partial charge on any atom is -0.338 e. The van der Waals surface area contributed by atoms with Crippen LogP contribution in [0.3, 0.4) is 0 Å². The van der Waals surface area contributed by atoms with Crippen LogP contribution in [-0.4, -0.2) is 12.6 Å². The van der Waals surface area contributed by atoms with Gasteiger partial charge in [-0.1, -0.05) is 42.5 Å². The van der Waals surface area contributed by atoms with Crippen molar-refractivity contribution in [1.29, 1.82) is 0 Å². The molecule has 100 valence electrons. The maximum absolute atomic E-state index is 11.7. The van der Waals surface area contributed by atoms with E-state index in [0.717, 1.165) is 18.0 Å². The number of benzene rings is 1. The van der Waals surface area contributed by atoms with Crippen molar-refractivity contribution >= 4 is 6.03 Å². The van der Waals surface area contributed by atoms with E-state index < -0.39 is 0 Å². The van der Waals surface area contributed by atoms with Crippen LogP contribution in [0.25, 0.3) is 0 Å². The SMILES string of the molecule is O=C(NCc1ccccc1)NCC1CC2C=CC1C2. The first kappa shape index (κ1) is 12.3. The van der Waals surface area contributed by atoms with E-state index in [4.69, 9.17) is 0 Å². The minimum atomic E-state index is -0.0596. The van der Waals surface area contributed by atoms with Crippen molar-refractivity contribution in [3.8, 4) is 0 Å². The summed E-state index contributed by atoms with van der Waals surface area (Å²) in [5, 5.41) is 5.89. The first-order valence-corrected chi connectivity index (χ1v) is 7.05. The highest BCUT2D eigenvalue weighted by molar-refractivity contribution is 5.73. The molecule has 0 aromatic heterocycles. The number of allylic oxidation sites excluding steroid dienone is 2. The summed E-state index contributed by atoms with van der Waals surface area (Å²) < 4.78 is 0. The van der Waals surface area contributed by atoms with E-state index >= 15 is 0 Å². The van der Waals surface area contributed by atoms with Crippen molar-refractivity contribution < 1.29 is 4.79 Å². The molecule has 3 rings (SSSR count). The van der Waals surface area contributed by atoms with Crippen molar-refractivity contribution in [3.05, 3.63) is 48.0 Å². The Balaban J connectivity index is 1.39. The number of amides is 2. The molecule has 0 aliphatic heterocycles. The zero-order chi connectivity index (χ0) is 13.1. The standard InChI is InChI=1S/C16H20N2O/c19-16(17-10-12-4-2-1-3-5-12)18-11-15-9-13-6-7-14(15)8-13/h1-7,13-15H,8-11H2,(H2,17,18,19). The molecule has 1 fully saturated rings. The fourth-order valence-corrected chi connectivity index (χ4v) is 3.19. The number of nitrogens with one attached hydrogen (secondary N) is 2. The first-order chi connectivity index (χ1) is 9.31. The number of rotatable bonds is 4. The van der Waals surface area contributed by atoms with E-state index in [0.29, 0.717) is 18.4 Å². The predicted molar refractivity (Wildman–Crippen MR) is 75.5 cm³/mol. The molecule has 2 N–H and O–H groups in total. The second kappa shape index (κ2) is 5.47. The van der Waals surface area contributed by atoms with Gasteiger partial charge in [0, 0.05) is 13.1 Å². The van der Waals surface area contributed by atoms with Crippen molar-refractivity contribution in [2.45, 2.75) is 19.4 Å². The molecule has 3 heteroatoms.